The van der Waals surface area contributed by atoms with Crippen molar-refractivity contribution in [3.8, 4) is 0 Å². The summed E-state index contributed by atoms with van der Waals surface area (Å²) in [6.45, 7) is 4.52. The topological polar surface area (TPSA) is 0 Å². The molecule has 0 N–H and O–H groups in total. The second-order valence-corrected chi connectivity index (χ2v) is 8.14. The van der Waals surface area contributed by atoms with E-state index in [9.17, 15) is 0 Å². The maximum absolute atomic E-state index is 2.42. The lowest BCUT2D eigenvalue weighted by molar-refractivity contribution is 0.252. The molecule has 0 radical (unpaired) electrons. The van der Waals surface area contributed by atoms with Gasteiger partial charge in [0, 0.05) is 9.58 Å². The highest BCUT2D eigenvalue weighted by Gasteiger charge is 2.20. The van der Waals surface area contributed by atoms with Crippen LogP contribution in [0.15, 0.2) is 24.3 Å². The van der Waals surface area contributed by atoms with E-state index in [4.69, 9.17) is 0 Å². The fourth-order valence-corrected chi connectivity index (χ4v) is 5.06. The number of hydrogen-bond acceptors (Lipinski definition) is 1. The van der Waals surface area contributed by atoms with Crippen molar-refractivity contribution in [3.05, 3.63) is 34.7 Å². The second-order valence-electron chi connectivity index (χ2n) is 6.97. The van der Waals surface area contributed by atoms with E-state index in [0.717, 1.165) is 11.8 Å². The first-order valence-electron chi connectivity index (χ1n) is 8.73. The number of aryl methyl sites for hydroxylation is 2. The molecule has 0 aliphatic heterocycles. The van der Waals surface area contributed by atoms with Gasteiger partial charge in [0.25, 0.3) is 0 Å². The summed E-state index contributed by atoms with van der Waals surface area (Å²) in [7, 11) is 0. The average molecular weight is 301 g/mol. The fraction of sp³-hybridized carbons (Fsp3) is 0.600. The maximum Gasteiger partial charge on any atom is 0.0348 e. The van der Waals surface area contributed by atoms with Crippen LogP contribution in [0.5, 0.6) is 0 Å². The molecule has 1 aromatic carbocycles. The van der Waals surface area contributed by atoms with Crippen LogP contribution < -0.4 is 0 Å². The van der Waals surface area contributed by atoms with Crippen molar-refractivity contribution in [2.75, 3.05) is 0 Å². The first-order valence-corrected chi connectivity index (χ1v) is 9.55. The normalized spacial score (nSPS) is 22.8. The molecule has 0 nitrogen and oxygen atoms in total. The zero-order valence-electron chi connectivity index (χ0n) is 13.5. The molecule has 0 bridgehead atoms. The summed E-state index contributed by atoms with van der Waals surface area (Å²) in [6, 6.07) is 9.26. The zero-order chi connectivity index (χ0) is 14.7. The van der Waals surface area contributed by atoms with Gasteiger partial charge in [0.1, 0.15) is 0 Å². The van der Waals surface area contributed by atoms with Crippen LogP contribution in [0.3, 0.4) is 0 Å². The minimum Gasteiger partial charge on any atom is -0.140 e. The van der Waals surface area contributed by atoms with Crippen molar-refractivity contribution in [3.63, 3.8) is 0 Å². The Labute approximate surface area is 133 Å². The minimum absolute atomic E-state index is 0.991. The Bertz CT molecular complexity index is 573. The van der Waals surface area contributed by atoms with E-state index in [1.165, 1.54) is 67.0 Å². The smallest absolute Gasteiger partial charge is 0.0348 e. The lowest BCUT2D eigenvalue weighted by atomic mass is 9.78. The number of fused-ring (bicyclic) bond motifs is 1. The predicted octanol–water partition coefficient (Wildman–Crippen LogP) is 6.75. The molecule has 1 heteroatoms. The van der Waals surface area contributed by atoms with Crippen LogP contribution in [0.2, 0.25) is 0 Å². The van der Waals surface area contributed by atoms with Crippen LogP contribution in [0.4, 0.5) is 0 Å². The molecule has 2 aromatic rings. The summed E-state index contributed by atoms with van der Waals surface area (Å²) in [5, 5.41) is 1.44. The number of thiophene rings is 1. The average Bonchev–Trinajstić information content (AvgIpc) is 2.89. The Kier molecular flexibility index (Phi) is 5.00. The molecular weight excluding hydrogens is 272 g/mol. The summed E-state index contributed by atoms with van der Waals surface area (Å²) in [4.78, 5) is 1.59. The molecule has 0 amide bonds. The minimum atomic E-state index is 0.991. The van der Waals surface area contributed by atoms with E-state index < -0.39 is 0 Å². The van der Waals surface area contributed by atoms with E-state index in [0.29, 0.717) is 0 Å². The van der Waals surface area contributed by atoms with Crippen molar-refractivity contribution in [1.29, 1.82) is 0 Å². The van der Waals surface area contributed by atoms with Crippen molar-refractivity contribution in [1.82, 2.24) is 0 Å². The quantitative estimate of drug-likeness (QED) is 0.573. The second kappa shape index (κ2) is 6.96. The van der Waals surface area contributed by atoms with Gasteiger partial charge in [-0.05, 0) is 54.7 Å². The van der Waals surface area contributed by atoms with Crippen molar-refractivity contribution in [2.45, 2.75) is 65.2 Å². The van der Waals surface area contributed by atoms with Crippen LogP contribution in [0.25, 0.3) is 10.1 Å². The Morgan fingerprint density at radius 2 is 1.71 bits per heavy atom. The third-order valence-electron chi connectivity index (χ3n) is 5.19. The van der Waals surface area contributed by atoms with Gasteiger partial charge < -0.3 is 0 Å². The van der Waals surface area contributed by atoms with Crippen LogP contribution in [-0.4, -0.2) is 0 Å². The Morgan fingerprint density at radius 1 is 1.00 bits per heavy atom. The van der Waals surface area contributed by atoms with Gasteiger partial charge in [-0.15, -0.1) is 11.3 Å². The summed E-state index contributed by atoms with van der Waals surface area (Å²) in [6.07, 6.45) is 11.5. The number of rotatable bonds is 5. The van der Waals surface area contributed by atoms with Gasteiger partial charge in [-0.25, -0.2) is 0 Å². The Morgan fingerprint density at radius 3 is 2.43 bits per heavy atom. The summed E-state index contributed by atoms with van der Waals surface area (Å²) < 4.78 is 1.47. The highest BCUT2D eigenvalue weighted by Crippen LogP contribution is 2.35. The molecule has 1 heterocycles. The molecule has 114 valence electrons. The van der Waals surface area contributed by atoms with Crippen LogP contribution in [0, 0.1) is 18.8 Å². The highest BCUT2D eigenvalue weighted by molar-refractivity contribution is 7.19. The molecular formula is C20H28S. The molecule has 0 spiro atoms. The van der Waals surface area contributed by atoms with E-state index in [1.807, 2.05) is 11.3 Å². The van der Waals surface area contributed by atoms with Gasteiger partial charge in [0.15, 0.2) is 0 Å². The summed E-state index contributed by atoms with van der Waals surface area (Å²) >= 11 is 2.01. The van der Waals surface area contributed by atoms with Crippen LogP contribution in [0.1, 0.15) is 62.3 Å². The van der Waals surface area contributed by atoms with Gasteiger partial charge in [0.05, 0.1) is 0 Å². The molecule has 1 aliphatic rings. The number of hydrogen-bond donors (Lipinski definition) is 0. The molecule has 0 saturated heterocycles. The van der Waals surface area contributed by atoms with Gasteiger partial charge in [-0.2, -0.15) is 0 Å². The lowest BCUT2D eigenvalue weighted by Gasteiger charge is -2.28. The molecule has 3 rings (SSSR count). The van der Waals surface area contributed by atoms with Gasteiger partial charge in [0.2, 0.25) is 0 Å². The van der Waals surface area contributed by atoms with Gasteiger partial charge in [-0.3, -0.25) is 0 Å². The molecule has 1 aliphatic carbocycles. The fourth-order valence-electron chi connectivity index (χ4n) is 3.88. The maximum atomic E-state index is 2.42. The van der Waals surface area contributed by atoms with E-state index in [1.54, 1.807) is 4.88 Å². The SMILES string of the molecule is CCCC1CCC(CCc2cc3ccc(C)cc3s2)CC1. The molecule has 1 saturated carbocycles. The van der Waals surface area contributed by atoms with Crippen LogP contribution in [-0.2, 0) is 6.42 Å². The summed E-state index contributed by atoms with van der Waals surface area (Å²) in [5.41, 5.74) is 1.38. The molecule has 1 fully saturated rings. The van der Waals surface area contributed by atoms with Crippen molar-refractivity contribution in [2.24, 2.45) is 11.8 Å². The standard InChI is InChI=1S/C20H28S/c1-3-4-16-6-8-17(9-7-16)10-12-19-14-18-11-5-15(2)13-20(18)21-19/h5,11,13-14,16-17H,3-4,6-10,12H2,1-2H3. The lowest BCUT2D eigenvalue weighted by Crippen LogP contribution is -2.14. The first-order chi connectivity index (χ1) is 10.2. The largest absolute Gasteiger partial charge is 0.140 e. The van der Waals surface area contributed by atoms with Crippen molar-refractivity contribution < 1.29 is 0 Å². The molecule has 21 heavy (non-hydrogen) atoms. The Hall–Kier alpha value is -0.820. The molecule has 1 aromatic heterocycles. The summed E-state index contributed by atoms with van der Waals surface area (Å²) in [5.74, 6) is 2.03. The molecule has 0 unspecified atom stereocenters. The monoisotopic (exact) mass is 300 g/mol. The first kappa shape index (κ1) is 15.1. The van der Waals surface area contributed by atoms with Crippen LogP contribution >= 0.6 is 11.3 Å². The van der Waals surface area contributed by atoms with Gasteiger partial charge >= 0.3 is 0 Å². The van der Waals surface area contributed by atoms with E-state index in [-0.39, 0.29) is 0 Å². The van der Waals surface area contributed by atoms with Crippen molar-refractivity contribution >= 4 is 21.4 Å². The zero-order valence-corrected chi connectivity index (χ0v) is 14.3. The highest BCUT2D eigenvalue weighted by atomic mass is 32.1. The predicted molar refractivity (Wildman–Crippen MR) is 95.2 cm³/mol. The number of benzene rings is 1. The third-order valence-corrected chi connectivity index (χ3v) is 6.35. The Balaban J connectivity index is 1.52. The third kappa shape index (κ3) is 3.88. The molecule has 0 atom stereocenters. The van der Waals surface area contributed by atoms with E-state index >= 15 is 0 Å². The van der Waals surface area contributed by atoms with E-state index in [2.05, 4.69) is 38.1 Å². The van der Waals surface area contributed by atoms with Gasteiger partial charge in [-0.1, -0.05) is 57.6 Å².